The van der Waals surface area contributed by atoms with E-state index >= 15 is 0 Å². The van der Waals surface area contributed by atoms with Gasteiger partial charge in [0.25, 0.3) is 0 Å². The van der Waals surface area contributed by atoms with Gasteiger partial charge in [-0.25, -0.2) is 10.0 Å². The van der Waals surface area contributed by atoms with Gasteiger partial charge >= 0.3 is 0 Å². The Hall–Kier alpha value is -6.95. The second-order valence-electron chi connectivity index (χ2n) is 17.1. The summed E-state index contributed by atoms with van der Waals surface area (Å²) < 4.78 is 2.35. The molecule has 0 aliphatic carbocycles. The highest BCUT2D eigenvalue weighted by Gasteiger charge is 2.41. The average molecular weight is 781 g/mol. The summed E-state index contributed by atoms with van der Waals surface area (Å²) in [6.07, 6.45) is 1.95. The minimum atomic E-state index is -0.720. The normalized spacial score (nSPS) is 13.1. The molecule has 5 nitrogen and oxygen atoms in total. The lowest BCUT2D eigenvalue weighted by atomic mass is 9.65. The van der Waals surface area contributed by atoms with Crippen LogP contribution >= 0.6 is 0 Å². The van der Waals surface area contributed by atoms with Crippen LogP contribution in [0.25, 0.3) is 38.8 Å². The van der Waals surface area contributed by atoms with Gasteiger partial charge in [-0.1, -0.05) is 153 Å². The largest absolute Gasteiger partial charge is 0.294 e. The van der Waals surface area contributed by atoms with Crippen molar-refractivity contribution in [2.45, 2.75) is 51.5 Å². The molecule has 3 heterocycles. The first-order valence-corrected chi connectivity index (χ1v) is 20.9. The van der Waals surface area contributed by atoms with Crippen molar-refractivity contribution >= 4 is 38.9 Å². The highest BCUT2D eigenvalue weighted by molar-refractivity contribution is 6.09. The van der Waals surface area contributed by atoms with Crippen LogP contribution in [-0.2, 0) is 10.4 Å². The van der Waals surface area contributed by atoms with Crippen LogP contribution in [0.2, 0.25) is 0 Å². The molecule has 1 aliphatic rings. The van der Waals surface area contributed by atoms with Crippen LogP contribution in [0.4, 0.5) is 17.1 Å². The second kappa shape index (κ2) is 14.7. The highest BCUT2D eigenvalue weighted by atomic mass is 16.8. The number of anilines is 3. The predicted molar refractivity (Wildman–Crippen MR) is 248 cm³/mol. The molecular weight excluding hydrogens is 733 g/mol. The van der Waals surface area contributed by atoms with E-state index in [9.17, 15) is 0 Å². The lowest BCUT2D eigenvalue weighted by Crippen LogP contribution is -2.41. The number of pyridine rings is 1. The van der Waals surface area contributed by atoms with Crippen LogP contribution in [0.5, 0.6) is 0 Å². The average Bonchev–Trinajstić information content (AvgIpc) is 3.85. The van der Waals surface area contributed by atoms with Crippen LogP contribution < -0.4 is 10.1 Å². The van der Waals surface area contributed by atoms with E-state index in [4.69, 9.17) is 9.92 Å². The summed E-state index contributed by atoms with van der Waals surface area (Å²) in [6, 6.07) is 68.0. The molecule has 0 saturated carbocycles. The molecule has 10 rings (SSSR count). The number of benzene rings is 7. The molecule has 1 aliphatic heterocycles. The number of rotatable bonds is 8. The lowest BCUT2D eigenvalue weighted by molar-refractivity contribution is 0.0842. The van der Waals surface area contributed by atoms with E-state index in [0.29, 0.717) is 5.92 Å². The van der Waals surface area contributed by atoms with Gasteiger partial charge < -0.3 is 0 Å². The zero-order valence-electron chi connectivity index (χ0n) is 34.7. The van der Waals surface area contributed by atoms with Gasteiger partial charge in [0.1, 0.15) is 5.82 Å². The molecule has 0 unspecified atom stereocenters. The van der Waals surface area contributed by atoms with Crippen molar-refractivity contribution in [1.82, 2.24) is 9.55 Å². The first-order valence-electron chi connectivity index (χ1n) is 20.9. The molecule has 7 aromatic carbocycles. The molecule has 0 fully saturated rings. The Morgan fingerprint density at radius 3 is 1.87 bits per heavy atom. The number of para-hydroxylation sites is 3. The van der Waals surface area contributed by atoms with Gasteiger partial charge in [-0.2, -0.15) is 5.06 Å². The van der Waals surface area contributed by atoms with E-state index in [1.807, 2.05) is 16.3 Å². The topological polar surface area (TPSA) is 33.5 Å². The summed E-state index contributed by atoms with van der Waals surface area (Å²) in [5, 5.41) is 6.35. The van der Waals surface area contributed by atoms with Crippen LogP contribution in [0.3, 0.4) is 0 Å². The quantitative estimate of drug-likeness (QED) is 0.144. The number of hydroxylamine groups is 1. The molecule has 60 heavy (non-hydrogen) atoms. The fraction of sp³-hybridized carbons (Fsp3) is 0.145. The third-order valence-corrected chi connectivity index (χ3v) is 12.0. The minimum absolute atomic E-state index is 0.264. The molecule has 5 heteroatoms. The standard InChI is InChI=1S/C55H48N4O/c1-38(2)45-25-12-13-26-46(45)39-33-34-56-53(35-39)57-49-28-15-14-27-47(49)48-32-31-43(37-52(48)57)55(40-19-8-6-9-20-40,41-21-10-7-11-22-41)42-23-18-24-44(36-42)58-50-29-16-17-30-51(50)59(60-58)54(3,4)5/h6-38H,1-5H3. The van der Waals surface area contributed by atoms with Gasteiger partial charge in [-0.3, -0.25) is 4.57 Å². The van der Waals surface area contributed by atoms with Crippen molar-refractivity contribution < 1.29 is 4.94 Å². The summed E-state index contributed by atoms with van der Waals surface area (Å²) in [7, 11) is 0. The summed E-state index contributed by atoms with van der Waals surface area (Å²) >= 11 is 0. The molecule has 0 radical (unpaired) electrons. The lowest BCUT2D eigenvalue weighted by Gasteiger charge is -2.37. The van der Waals surface area contributed by atoms with Crippen LogP contribution in [-0.4, -0.2) is 15.1 Å². The van der Waals surface area contributed by atoms with Crippen molar-refractivity contribution in [1.29, 1.82) is 0 Å². The van der Waals surface area contributed by atoms with Crippen molar-refractivity contribution in [3.8, 4) is 16.9 Å². The molecule has 0 N–H and O–H groups in total. The van der Waals surface area contributed by atoms with Crippen LogP contribution in [0.15, 0.2) is 194 Å². The number of hydrogen-bond acceptors (Lipinski definition) is 4. The smallest absolute Gasteiger partial charge is 0.138 e. The van der Waals surface area contributed by atoms with E-state index in [0.717, 1.165) is 50.6 Å². The summed E-state index contributed by atoms with van der Waals surface area (Å²) in [6.45, 7) is 11.0. The zero-order valence-corrected chi connectivity index (χ0v) is 34.7. The van der Waals surface area contributed by atoms with Crippen molar-refractivity contribution in [3.05, 3.63) is 222 Å². The van der Waals surface area contributed by atoms with E-state index in [1.54, 1.807) is 0 Å². The van der Waals surface area contributed by atoms with Crippen LogP contribution in [0.1, 0.15) is 68.4 Å². The van der Waals surface area contributed by atoms with Crippen LogP contribution in [0, 0.1) is 0 Å². The van der Waals surface area contributed by atoms with Crippen molar-refractivity contribution in [3.63, 3.8) is 0 Å². The van der Waals surface area contributed by atoms with Crippen molar-refractivity contribution in [2.75, 3.05) is 10.1 Å². The van der Waals surface area contributed by atoms with E-state index < -0.39 is 5.41 Å². The van der Waals surface area contributed by atoms with Gasteiger partial charge in [0.15, 0.2) is 0 Å². The molecule has 9 aromatic rings. The maximum atomic E-state index is 6.74. The van der Waals surface area contributed by atoms with Gasteiger partial charge in [0, 0.05) is 17.0 Å². The maximum Gasteiger partial charge on any atom is 0.138 e. The Bertz CT molecular complexity index is 2960. The number of aromatic nitrogens is 2. The summed E-state index contributed by atoms with van der Waals surface area (Å²) in [5.41, 5.74) is 12.5. The Labute approximate surface area is 352 Å². The summed E-state index contributed by atoms with van der Waals surface area (Å²) in [5.74, 6) is 1.27. The third kappa shape index (κ3) is 6.08. The number of hydrogen-bond donors (Lipinski definition) is 0. The molecule has 0 spiro atoms. The fourth-order valence-electron chi connectivity index (χ4n) is 9.31. The van der Waals surface area contributed by atoms with E-state index in [1.165, 1.54) is 33.0 Å². The first kappa shape index (κ1) is 37.3. The monoisotopic (exact) mass is 780 g/mol. The first-order chi connectivity index (χ1) is 29.2. The van der Waals surface area contributed by atoms with Crippen molar-refractivity contribution in [2.24, 2.45) is 0 Å². The highest BCUT2D eigenvalue weighted by Crippen LogP contribution is 2.50. The van der Waals surface area contributed by atoms with Gasteiger partial charge in [0.05, 0.1) is 39.0 Å². The molecule has 0 amide bonds. The Kier molecular flexibility index (Phi) is 9.15. The number of fused-ring (bicyclic) bond motifs is 4. The Morgan fingerprint density at radius 1 is 0.517 bits per heavy atom. The molecule has 2 aromatic heterocycles. The number of nitrogens with zero attached hydrogens (tertiary/aromatic N) is 4. The van der Waals surface area contributed by atoms with Gasteiger partial charge in [-0.15, -0.1) is 4.94 Å². The molecule has 0 bridgehead atoms. The Morgan fingerprint density at radius 2 is 1.13 bits per heavy atom. The summed E-state index contributed by atoms with van der Waals surface area (Å²) in [4.78, 5) is 11.8. The fourth-order valence-corrected chi connectivity index (χ4v) is 9.31. The predicted octanol–water partition coefficient (Wildman–Crippen LogP) is 14.0. The SMILES string of the molecule is CC(C)c1ccccc1-c1ccnc(-n2c3ccccc3c3ccc(C(c4ccccc4)(c4ccccc4)c4cccc(N5ON(C(C)(C)C)c6ccccc65)c4)cc32)c1. The Balaban J connectivity index is 1.23. The minimum Gasteiger partial charge on any atom is -0.294 e. The molecule has 294 valence electrons. The third-order valence-electron chi connectivity index (χ3n) is 12.0. The van der Waals surface area contributed by atoms with E-state index in [-0.39, 0.29) is 5.54 Å². The van der Waals surface area contributed by atoms with Gasteiger partial charge in [-0.05, 0) is 114 Å². The molecule has 0 saturated heterocycles. The van der Waals surface area contributed by atoms with E-state index in [2.05, 4.69) is 227 Å². The van der Waals surface area contributed by atoms with Gasteiger partial charge in [0.2, 0.25) is 0 Å². The molecule has 0 atom stereocenters. The zero-order chi connectivity index (χ0) is 41.0. The maximum absolute atomic E-state index is 6.74. The molecular formula is C55H48N4O. The second-order valence-corrected chi connectivity index (χ2v) is 17.1.